The Balaban J connectivity index is 2.61. The highest BCUT2D eigenvalue weighted by molar-refractivity contribution is 5.53. The number of hydrogen-bond donors (Lipinski definition) is 0. The van der Waals surface area contributed by atoms with E-state index in [1.54, 1.807) is 17.0 Å². The molecule has 0 saturated carbocycles. The van der Waals surface area contributed by atoms with Crippen LogP contribution < -0.4 is 16.1 Å². The highest BCUT2D eigenvalue weighted by atomic mass is 19.1. The number of halogens is 1. The van der Waals surface area contributed by atoms with Crippen LogP contribution in [0, 0.1) is 17.1 Å². The van der Waals surface area contributed by atoms with Crippen LogP contribution in [0.25, 0.3) is 0 Å². The van der Waals surface area contributed by atoms with Crippen molar-refractivity contribution in [1.29, 1.82) is 5.26 Å². The van der Waals surface area contributed by atoms with Crippen molar-refractivity contribution in [3.63, 3.8) is 0 Å². The van der Waals surface area contributed by atoms with Gasteiger partial charge in [-0.2, -0.15) is 5.26 Å². The minimum Gasteiger partial charge on any atom is -0.353 e. The first-order valence-corrected chi connectivity index (χ1v) is 7.10. The molecule has 120 valence electrons. The highest BCUT2D eigenvalue weighted by Crippen LogP contribution is 2.18. The van der Waals surface area contributed by atoms with E-state index in [2.05, 4.69) is 0 Å². The Morgan fingerprint density at radius 3 is 2.52 bits per heavy atom. The van der Waals surface area contributed by atoms with Crippen molar-refractivity contribution in [3.8, 4) is 6.07 Å². The largest absolute Gasteiger partial charge is 0.353 e. The summed E-state index contributed by atoms with van der Waals surface area (Å²) in [6.45, 7) is 2.57. The first-order valence-electron chi connectivity index (χ1n) is 7.10. The minimum atomic E-state index is -0.636. The molecule has 1 aromatic carbocycles. The minimum absolute atomic E-state index is 0.104. The van der Waals surface area contributed by atoms with E-state index in [0.717, 1.165) is 4.57 Å². The maximum absolute atomic E-state index is 13.4. The van der Waals surface area contributed by atoms with Gasteiger partial charge < -0.3 is 4.90 Å². The molecule has 0 unspecified atom stereocenters. The molecule has 2 aromatic rings. The molecule has 2 rings (SSSR count). The first kappa shape index (κ1) is 16.5. The Morgan fingerprint density at radius 2 is 1.96 bits per heavy atom. The number of hydrogen-bond acceptors (Lipinski definition) is 4. The molecule has 1 heterocycles. The molecule has 23 heavy (non-hydrogen) atoms. The predicted molar refractivity (Wildman–Crippen MR) is 84.8 cm³/mol. The topological polar surface area (TPSA) is 71.0 Å². The predicted octanol–water partition coefficient (Wildman–Crippen LogP) is 1.12. The summed E-state index contributed by atoms with van der Waals surface area (Å²) in [7, 11) is 2.84. The molecule has 0 radical (unpaired) electrons. The fraction of sp³-hybridized carbons (Fsp3) is 0.312. The monoisotopic (exact) mass is 316 g/mol. The molecule has 6 nitrogen and oxygen atoms in total. The van der Waals surface area contributed by atoms with E-state index in [1.807, 2.05) is 13.0 Å². The molecule has 0 aliphatic heterocycles. The molecule has 1 aromatic heterocycles. The fourth-order valence-corrected chi connectivity index (χ4v) is 2.49. The lowest BCUT2D eigenvalue weighted by Gasteiger charge is -2.26. The number of nitriles is 1. The molecule has 0 atom stereocenters. The maximum atomic E-state index is 13.4. The average Bonchev–Trinajstić information content (AvgIpc) is 2.54. The third kappa shape index (κ3) is 3.01. The van der Waals surface area contributed by atoms with Gasteiger partial charge in [0.05, 0.1) is 0 Å². The Hall–Kier alpha value is -2.88. The van der Waals surface area contributed by atoms with Gasteiger partial charge in [-0.15, -0.1) is 0 Å². The number of anilines is 1. The summed E-state index contributed by atoms with van der Waals surface area (Å²) in [5, 5.41) is 9.33. The van der Waals surface area contributed by atoms with Crippen LogP contribution in [-0.4, -0.2) is 15.7 Å². The van der Waals surface area contributed by atoms with Crippen molar-refractivity contribution in [1.82, 2.24) is 9.13 Å². The SMILES string of the molecule is CCN(Cc1cccc(F)c1)c1c(C#N)c(=O)n(C)c(=O)n1C. The van der Waals surface area contributed by atoms with Crippen LogP contribution in [0.5, 0.6) is 0 Å². The zero-order valence-electron chi connectivity index (χ0n) is 13.2. The van der Waals surface area contributed by atoms with Crippen LogP contribution in [-0.2, 0) is 20.6 Å². The van der Waals surface area contributed by atoms with Gasteiger partial charge in [0.25, 0.3) is 5.56 Å². The maximum Gasteiger partial charge on any atom is 0.332 e. The third-order valence-corrected chi connectivity index (χ3v) is 3.69. The Morgan fingerprint density at radius 1 is 1.26 bits per heavy atom. The molecule has 0 aliphatic rings. The van der Waals surface area contributed by atoms with Crippen LogP contribution in [0.2, 0.25) is 0 Å². The Kier molecular flexibility index (Phi) is 4.65. The van der Waals surface area contributed by atoms with Gasteiger partial charge in [-0.1, -0.05) is 12.1 Å². The summed E-state index contributed by atoms with van der Waals surface area (Å²) < 4.78 is 15.5. The summed E-state index contributed by atoms with van der Waals surface area (Å²) in [6, 6.07) is 7.94. The smallest absolute Gasteiger partial charge is 0.332 e. The second kappa shape index (κ2) is 6.48. The van der Waals surface area contributed by atoms with Gasteiger partial charge in [-0.3, -0.25) is 13.9 Å². The van der Waals surface area contributed by atoms with Crippen molar-refractivity contribution in [2.75, 3.05) is 11.4 Å². The van der Waals surface area contributed by atoms with Gasteiger partial charge in [-0.25, -0.2) is 9.18 Å². The van der Waals surface area contributed by atoms with Crippen LogP contribution in [0.1, 0.15) is 18.1 Å². The first-order chi connectivity index (χ1) is 10.9. The molecule has 0 bridgehead atoms. The van der Waals surface area contributed by atoms with Crippen molar-refractivity contribution in [2.24, 2.45) is 14.1 Å². The molecule has 0 N–H and O–H groups in total. The van der Waals surface area contributed by atoms with Gasteiger partial charge in [0.2, 0.25) is 0 Å². The van der Waals surface area contributed by atoms with E-state index >= 15 is 0 Å². The lowest BCUT2D eigenvalue weighted by molar-refractivity contribution is 0.622. The van der Waals surface area contributed by atoms with E-state index in [-0.39, 0.29) is 23.7 Å². The average molecular weight is 316 g/mol. The lowest BCUT2D eigenvalue weighted by atomic mass is 10.2. The van der Waals surface area contributed by atoms with E-state index < -0.39 is 11.2 Å². The van der Waals surface area contributed by atoms with Crippen LogP contribution in [0.15, 0.2) is 33.9 Å². The third-order valence-electron chi connectivity index (χ3n) is 3.69. The normalized spacial score (nSPS) is 10.4. The highest BCUT2D eigenvalue weighted by Gasteiger charge is 2.20. The van der Waals surface area contributed by atoms with Crippen LogP contribution in [0.3, 0.4) is 0 Å². The second-order valence-corrected chi connectivity index (χ2v) is 5.16. The zero-order valence-corrected chi connectivity index (χ0v) is 13.2. The van der Waals surface area contributed by atoms with Gasteiger partial charge in [0, 0.05) is 27.2 Å². The molecule has 0 spiro atoms. The Labute approximate surface area is 132 Å². The molecule has 0 saturated heterocycles. The van der Waals surface area contributed by atoms with Crippen molar-refractivity contribution < 1.29 is 4.39 Å². The van der Waals surface area contributed by atoms with E-state index in [0.29, 0.717) is 12.1 Å². The lowest BCUT2D eigenvalue weighted by Crippen LogP contribution is -2.42. The zero-order chi connectivity index (χ0) is 17.1. The van der Waals surface area contributed by atoms with Crippen LogP contribution >= 0.6 is 0 Å². The number of rotatable bonds is 4. The summed E-state index contributed by atoms with van der Waals surface area (Å²) in [5.74, 6) is -0.121. The van der Waals surface area contributed by atoms with Crippen molar-refractivity contribution >= 4 is 5.82 Å². The van der Waals surface area contributed by atoms with Gasteiger partial charge >= 0.3 is 5.69 Å². The molecular weight excluding hydrogens is 299 g/mol. The van der Waals surface area contributed by atoms with E-state index in [1.165, 1.54) is 30.8 Å². The van der Waals surface area contributed by atoms with Crippen molar-refractivity contribution in [3.05, 3.63) is 62.0 Å². The van der Waals surface area contributed by atoms with E-state index in [4.69, 9.17) is 0 Å². The molecule has 0 aliphatic carbocycles. The Bertz CT molecular complexity index is 892. The van der Waals surface area contributed by atoms with Gasteiger partial charge in [-0.05, 0) is 24.6 Å². The fourth-order valence-electron chi connectivity index (χ4n) is 2.49. The van der Waals surface area contributed by atoms with Gasteiger partial charge in [0.1, 0.15) is 17.7 Å². The van der Waals surface area contributed by atoms with Crippen LogP contribution in [0.4, 0.5) is 10.2 Å². The number of nitrogens with zero attached hydrogens (tertiary/aromatic N) is 4. The molecule has 7 heteroatoms. The standard InChI is InChI=1S/C16H17FN4O2/c1-4-21(10-11-6-5-7-12(17)8-11)14-13(9-18)15(22)20(3)16(23)19(14)2/h5-8H,4,10H2,1-3H3. The summed E-state index contributed by atoms with van der Waals surface area (Å²) in [5.41, 5.74) is -0.568. The van der Waals surface area contributed by atoms with Gasteiger partial charge in [0.15, 0.2) is 5.56 Å². The summed E-state index contributed by atoms with van der Waals surface area (Å²) >= 11 is 0. The van der Waals surface area contributed by atoms with Crippen molar-refractivity contribution in [2.45, 2.75) is 13.5 Å². The molecule has 0 fully saturated rings. The quantitative estimate of drug-likeness (QED) is 0.847. The number of aromatic nitrogens is 2. The van der Waals surface area contributed by atoms with E-state index in [9.17, 15) is 19.2 Å². The summed E-state index contributed by atoms with van der Waals surface area (Å²) in [6.07, 6.45) is 0. The molecule has 0 amide bonds. The number of benzene rings is 1. The summed E-state index contributed by atoms with van der Waals surface area (Å²) in [4.78, 5) is 26.0. The second-order valence-electron chi connectivity index (χ2n) is 5.16. The molecular formula is C16H17FN4O2.